The number of nitrogen functional groups attached to an aromatic ring is 1. The van der Waals surface area contributed by atoms with Crippen LogP contribution in [-0.2, 0) is 6.42 Å². The molecule has 106 valence electrons. The van der Waals surface area contributed by atoms with Crippen LogP contribution in [0.1, 0.15) is 22.2 Å². The number of nitrogens with two attached hydrogens (primary N) is 1. The van der Waals surface area contributed by atoms with Gasteiger partial charge < -0.3 is 11.1 Å². The molecule has 0 aliphatic rings. The molecule has 0 saturated heterocycles. The van der Waals surface area contributed by atoms with E-state index in [2.05, 4.69) is 17.4 Å². The molecule has 0 unspecified atom stereocenters. The molecule has 0 amide bonds. The lowest BCUT2D eigenvalue weighted by atomic mass is 10.1. The number of anilines is 2. The Morgan fingerprint density at radius 1 is 1.35 bits per heavy atom. The third-order valence-corrected chi connectivity index (χ3v) is 5.19. The number of thioether (sulfide) groups is 1. The molecule has 0 radical (unpaired) electrons. The number of thiophene rings is 1. The van der Waals surface area contributed by atoms with Crippen LogP contribution < -0.4 is 11.1 Å². The van der Waals surface area contributed by atoms with Crippen molar-refractivity contribution in [3.63, 3.8) is 0 Å². The molecule has 0 spiro atoms. The molecule has 2 aromatic rings. The summed E-state index contributed by atoms with van der Waals surface area (Å²) in [4.78, 5) is 13.2. The Bertz CT molecular complexity index is 593. The fraction of sp³-hybridized carbons (Fsp3) is 0.267. The van der Waals surface area contributed by atoms with Crippen LogP contribution in [0.25, 0.3) is 0 Å². The van der Waals surface area contributed by atoms with Crippen LogP contribution in [0.4, 0.5) is 10.7 Å². The fourth-order valence-electron chi connectivity index (χ4n) is 1.97. The van der Waals surface area contributed by atoms with Crippen molar-refractivity contribution in [2.24, 2.45) is 0 Å². The summed E-state index contributed by atoms with van der Waals surface area (Å²) in [6, 6.07) is 10.3. The van der Waals surface area contributed by atoms with Crippen LogP contribution in [0.15, 0.2) is 35.2 Å². The Labute approximate surface area is 127 Å². The van der Waals surface area contributed by atoms with Gasteiger partial charge in [0.15, 0.2) is 5.78 Å². The van der Waals surface area contributed by atoms with Gasteiger partial charge in [-0.2, -0.15) is 0 Å². The zero-order chi connectivity index (χ0) is 14.5. The maximum atomic E-state index is 11.5. The first-order valence-corrected chi connectivity index (χ1v) is 8.42. The molecule has 1 aromatic carbocycles. The molecular weight excluding hydrogens is 288 g/mol. The van der Waals surface area contributed by atoms with Gasteiger partial charge in [0.05, 0.1) is 15.5 Å². The molecule has 0 aliphatic carbocycles. The lowest BCUT2D eigenvalue weighted by Gasteiger charge is -2.06. The van der Waals surface area contributed by atoms with E-state index in [1.54, 1.807) is 18.7 Å². The smallest absolute Gasteiger partial charge is 0.171 e. The average Bonchev–Trinajstić information content (AvgIpc) is 2.76. The molecule has 3 nitrogen and oxygen atoms in total. The number of Topliss-reactive ketones (excluding diaryl/α,β-unsaturated/α-hetero) is 1. The first-order valence-electron chi connectivity index (χ1n) is 6.38. The second-order valence-electron chi connectivity index (χ2n) is 4.43. The van der Waals surface area contributed by atoms with Gasteiger partial charge in [0.25, 0.3) is 0 Å². The summed E-state index contributed by atoms with van der Waals surface area (Å²) in [5.74, 6) is 0.0268. The normalized spacial score (nSPS) is 10.5. The predicted molar refractivity (Wildman–Crippen MR) is 89.2 cm³/mol. The number of carbonyl (C=O) groups is 1. The highest BCUT2D eigenvalue weighted by Crippen LogP contribution is 2.41. The first-order chi connectivity index (χ1) is 9.63. The molecule has 20 heavy (non-hydrogen) atoms. The van der Waals surface area contributed by atoms with Gasteiger partial charge in [0.1, 0.15) is 5.00 Å². The lowest BCUT2D eigenvalue weighted by Crippen LogP contribution is -2.04. The summed E-state index contributed by atoms with van der Waals surface area (Å²) in [5, 5.41) is 4.39. The van der Waals surface area contributed by atoms with E-state index < -0.39 is 0 Å². The molecule has 0 atom stereocenters. The number of hydrogen-bond acceptors (Lipinski definition) is 5. The van der Waals surface area contributed by atoms with E-state index in [0.717, 1.165) is 22.9 Å². The highest BCUT2D eigenvalue weighted by molar-refractivity contribution is 7.99. The summed E-state index contributed by atoms with van der Waals surface area (Å²) < 4.78 is 0. The molecule has 1 heterocycles. The van der Waals surface area contributed by atoms with E-state index in [9.17, 15) is 4.79 Å². The third kappa shape index (κ3) is 3.35. The third-order valence-electron chi connectivity index (χ3n) is 2.97. The van der Waals surface area contributed by atoms with E-state index in [1.807, 2.05) is 24.5 Å². The SMILES string of the molecule is CSc1c(NCCc2ccccc2)sc(C(C)=O)c1N. The number of ketones is 1. The Morgan fingerprint density at radius 2 is 2.05 bits per heavy atom. The van der Waals surface area contributed by atoms with E-state index >= 15 is 0 Å². The maximum Gasteiger partial charge on any atom is 0.171 e. The van der Waals surface area contributed by atoms with Gasteiger partial charge in [0, 0.05) is 13.5 Å². The Hall–Kier alpha value is -1.46. The standard InChI is InChI=1S/C15H18N2OS2/c1-10(18)13-12(16)14(19-2)15(20-13)17-9-8-11-6-4-3-5-7-11/h3-7,17H,8-9,16H2,1-2H3. The number of benzene rings is 1. The van der Waals surface area contributed by atoms with Gasteiger partial charge in [-0.3, -0.25) is 4.79 Å². The van der Waals surface area contributed by atoms with Crippen molar-refractivity contribution in [1.82, 2.24) is 0 Å². The van der Waals surface area contributed by atoms with Gasteiger partial charge in [-0.15, -0.1) is 23.1 Å². The van der Waals surface area contributed by atoms with E-state index in [4.69, 9.17) is 5.73 Å². The van der Waals surface area contributed by atoms with Gasteiger partial charge in [-0.25, -0.2) is 0 Å². The second-order valence-corrected chi connectivity index (χ2v) is 6.26. The number of rotatable bonds is 6. The Morgan fingerprint density at radius 3 is 2.65 bits per heavy atom. The van der Waals surface area contributed by atoms with Crippen molar-refractivity contribution < 1.29 is 4.79 Å². The molecule has 3 N–H and O–H groups in total. The van der Waals surface area contributed by atoms with Crippen molar-refractivity contribution in [1.29, 1.82) is 0 Å². The van der Waals surface area contributed by atoms with Gasteiger partial charge in [-0.05, 0) is 18.2 Å². The maximum absolute atomic E-state index is 11.5. The van der Waals surface area contributed by atoms with Crippen molar-refractivity contribution >= 4 is 39.6 Å². The molecular formula is C15H18N2OS2. The molecule has 0 aliphatic heterocycles. The lowest BCUT2D eigenvalue weighted by molar-refractivity contribution is 0.102. The van der Waals surface area contributed by atoms with Crippen molar-refractivity contribution in [2.45, 2.75) is 18.2 Å². The fourth-order valence-corrected chi connectivity index (χ4v) is 3.93. The van der Waals surface area contributed by atoms with Crippen LogP contribution in [0.5, 0.6) is 0 Å². The highest BCUT2D eigenvalue weighted by Gasteiger charge is 2.17. The summed E-state index contributed by atoms with van der Waals surface area (Å²) in [5.41, 5.74) is 7.93. The number of nitrogens with one attached hydrogen (secondary N) is 1. The summed E-state index contributed by atoms with van der Waals surface area (Å²) >= 11 is 3.02. The number of hydrogen-bond donors (Lipinski definition) is 2. The molecule has 0 fully saturated rings. The van der Waals surface area contributed by atoms with Crippen LogP contribution in [0, 0.1) is 0 Å². The van der Waals surface area contributed by atoms with Gasteiger partial charge in [0.2, 0.25) is 0 Å². The van der Waals surface area contributed by atoms with Crippen LogP contribution >= 0.6 is 23.1 Å². The predicted octanol–water partition coefficient (Wildman–Crippen LogP) is 3.91. The molecule has 0 saturated carbocycles. The van der Waals surface area contributed by atoms with E-state index in [-0.39, 0.29) is 5.78 Å². The topological polar surface area (TPSA) is 55.1 Å². The molecule has 1 aromatic heterocycles. The van der Waals surface area contributed by atoms with E-state index in [0.29, 0.717) is 10.6 Å². The summed E-state index contributed by atoms with van der Waals surface area (Å²) in [6.45, 7) is 2.38. The molecule has 0 bridgehead atoms. The van der Waals surface area contributed by atoms with Crippen LogP contribution in [-0.4, -0.2) is 18.6 Å². The zero-order valence-electron chi connectivity index (χ0n) is 11.6. The van der Waals surface area contributed by atoms with Gasteiger partial charge in [-0.1, -0.05) is 30.3 Å². The Kier molecular flexibility index (Phi) is 5.09. The monoisotopic (exact) mass is 306 g/mol. The van der Waals surface area contributed by atoms with Crippen molar-refractivity contribution in [2.75, 3.05) is 23.9 Å². The summed E-state index contributed by atoms with van der Waals surface area (Å²) in [6.07, 6.45) is 2.92. The average molecular weight is 306 g/mol. The van der Waals surface area contributed by atoms with Crippen LogP contribution in [0.3, 0.4) is 0 Å². The van der Waals surface area contributed by atoms with Crippen LogP contribution in [0.2, 0.25) is 0 Å². The number of carbonyl (C=O) groups excluding carboxylic acids is 1. The first kappa shape index (κ1) is 14.9. The summed E-state index contributed by atoms with van der Waals surface area (Å²) in [7, 11) is 0. The highest BCUT2D eigenvalue weighted by atomic mass is 32.2. The minimum absolute atomic E-state index is 0.0268. The largest absolute Gasteiger partial charge is 0.396 e. The van der Waals surface area contributed by atoms with Gasteiger partial charge >= 0.3 is 0 Å². The van der Waals surface area contributed by atoms with Crippen molar-refractivity contribution in [3.8, 4) is 0 Å². The minimum Gasteiger partial charge on any atom is -0.396 e. The molecule has 5 heteroatoms. The second kappa shape index (κ2) is 6.81. The Balaban J connectivity index is 2.06. The zero-order valence-corrected chi connectivity index (χ0v) is 13.2. The molecule has 2 rings (SSSR count). The van der Waals surface area contributed by atoms with Crippen molar-refractivity contribution in [3.05, 3.63) is 40.8 Å². The quantitative estimate of drug-likeness (QED) is 0.627. The van der Waals surface area contributed by atoms with E-state index in [1.165, 1.54) is 16.9 Å². The minimum atomic E-state index is 0.0268.